The third-order valence-electron chi connectivity index (χ3n) is 2.76. The van der Waals surface area contributed by atoms with Gasteiger partial charge in [-0.05, 0) is 39.4 Å². The van der Waals surface area contributed by atoms with Crippen molar-refractivity contribution in [2.24, 2.45) is 0 Å². The van der Waals surface area contributed by atoms with Gasteiger partial charge in [0.05, 0.1) is 0 Å². The molecule has 0 aromatic rings. The van der Waals surface area contributed by atoms with Crippen LogP contribution < -0.4 is 0 Å². The smallest absolute Gasteiger partial charge is 0.246 e. The normalized spacial score (nSPS) is 27.0. The van der Waals surface area contributed by atoms with Gasteiger partial charge in [-0.2, -0.15) is 0 Å². The van der Waals surface area contributed by atoms with Crippen LogP contribution in [0.25, 0.3) is 0 Å². The van der Waals surface area contributed by atoms with Crippen molar-refractivity contribution in [2.75, 3.05) is 27.7 Å². The van der Waals surface area contributed by atoms with Crippen LogP contribution in [0.15, 0.2) is 12.2 Å². The van der Waals surface area contributed by atoms with Gasteiger partial charge in [-0.1, -0.05) is 6.08 Å². The van der Waals surface area contributed by atoms with Crippen molar-refractivity contribution in [1.29, 1.82) is 0 Å². The van der Waals surface area contributed by atoms with E-state index in [1.54, 1.807) is 11.0 Å². The van der Waals surface area contributed by atoms with Gasteiger partial charge in [0.1, 0.15) is 0 Å². The van der Waals surface area contributed by atoms with Crippen LogP contribution in [0.2, 0.25) is 0 Å². The van der Waals surface area contributed by atoms with E-state index in [2.05, 4.69) is 19.0 Å². The summed E-state index contributed by atoms with van der Waals surface area (Å²) >= 11 is 0. The Labute approximate surface area is 86.4 Å². The second kappa shape index (κ2) is 5.15. The minimum atomic E-state index is 0.124. The molecule has 0 radical (unpaired) electrons. The second-order valence-electron chi connectivity index (χ2n) is 4.17. The van der Waals surface area contributed by atoms with Gasteiger partial charge in [0.25, 0.3) is 0 Å². The van der Waals surface area contributed by atoms with Gasteiger partial charge in [-0.15, -0.1) is 0 Å². The number of hydrogen-bond donors (Lipinski definition) is 0. The molecule has 3 nitrogen and oxygen atoms in total. The molecule has 0 bridgehead atoms. The van der Waals surface area contributed by atoms with E-state index in [-0.39, 0.29) is 5.91 Å². The van der Waals surface area contributed by atoms with Crippen molar-refractivity contribution in [2.45, 2.75) is 25.3 Å². The van der Waals surface area contributed by atoms with Crippen molar-refractivity contribution < 1.29 is 4.79 Å². The Bertz CT molecular complexity index is 223. The third-order valence-corrected chi connectivity index (χ3v) is 2.76. The van der Waals surface area contributed by atoms with Gasteiger partial charge < -0.3 is 9.80 Å². The first kappa shape index (κ1) is 11.2. The van der Waals surface area contributed by atoms with E-state index < -0.39 is 0 Å². The van der Waals surface area contributed by atoms with E-state index in [9.17, 15) is 4.79 Å². The van der Waals surface area contributed by atoms with E-state index in [0.717, 1.165) is 19.4 Å². The van der Waals surface area contributed by atoms with Crippen molar-refractivity contribution in [3.8, 4) is 0 Å². The topological polar surface area (TPSA) is 23.6 Å². The van der Waals surface area contributed by atoms with Crippen LogP contribution in [0.3, 0.4) is 0 Å². The predicted molar refractivity (Wildman–Crippen MR) is 58.1 cm³/mol. The van der Waals surface area contributed by atoms with Crippen LogP contribution in [-0.4, -0.2) is 49.4 Å². The Morgan fingerprint density at radius 1 is 1.50 bits per heavy atom. The Kier molecular flexibility index (Phi) is 4.14. The SMILES string of the molecule is CN1C[C@@H](N(C)C)CCC/C=C\C1=O. The summed E-state index contributed by atoms with van der Waals surface area (Å²) in [4.78, 5) is 15.5. The average Bonchev–Trinajstić information content (AvgIpc) is 2.20. The molecule has 0 spiro atoms. The molecule has 3 heteroatoms. The number of carbonyl (C=O) groups excluding carboxylic acids is 1. The maximum absolute atomic E-state index is 11.5. The van der Waals surface area contributed by atoms with Crippen molar-refractivity contribution in [1.82, 2.24) is 9.80 Å². The lowest BCUT2D eigenvalue weighted by Gasteiger charge is -2.28. The monoisotopic (exact) mass is 196 g/mol. The van der Waals surface area contributed by atoms with Gasteiger partial charge in [0.2, 0.25) is 5.91 Å². The molecule has 0 aromatic carbocycles. The molecule has 1 heterocycles. The summed E-state index contributed by atoms with van der Waals surface area (Å²) in [5.74, 6) is 0.124. The number of allylic oxidation sites excluding steroid dienone is 1. The maximum atomic E-state index is 11.5. The molecule has 0 saturated heterocycles. The lowest BCUT2D eigenvalue weighted by Crippen LogP contribution is -2.40. The minimum absolute atomic E-state index is 0.124. The number of hydrogen-bond acceptors (Lipinski definition) is 2. The first-order chi connectivity index (χ1) is 6.61. The molecule has 1 atom stereocenters. The molecular formula is C11H20N2O. The average molecular weight is 196 g/mol. The highest BCUT2D eigenvalue weighted by Gasteiger charge is 2.16. The van der Waals surface area contributed by atoms with Crippen LogP contribution >= 0.6 is 0 Å². The maximum Gasteiger partial charge on any atom is 0.246 e. The van der Waals surface area contributed by atoms with E-state index >= 15 is 0 Å². The number of rotatable bonds is 1. The number of likely N-dealkylation sites (N-methyl/N-ethyl adjacent to an activating group) is 2. The zero-order chi connectivity index (χ0) is 10.6. The summed E-state index contributed by atoms with van der Waals surface area (Å²) in [5.41, 5.74) is 0. The Hall–Kier alpha value is -0.830. The zero-order valence-electron chi connectivity index (χ0n) is 9.36. The van der Waals surface area contributed by atoms with E-state index in [1.165, 1.54) is 6.42 Å². The summed E-state index contributed by atoms with van der Waals surface area (Å²) in [6, 6.07) is 0.490. The van der Waals surface area contributed by atoms with Gasteiger partial charge in [0, 0.05) is 19.6 Å². The summed E-state index contributed by atoms with van der Waals surface area (Å²) in [7, 11) is 6.02. The molecule has 0 aliphatic carbocycles. The van der Waals surface area contributed by atoms with Crippen LogP contribution in [0.1, 0.15) is 19.3 Å². The molecular weight excluding hydrogens is 176 g/mol. The van der Waals surface area contributed by atoms with E-state index in [4.69, 9.17) is 0 Å². The van der Waals surface area contributed by atoms with E-state index in [0.29, 0.717) is 6.04 Å². The molecule has 80 valence electrons. The molecule has 0 N–H and O–H groups in total. The van der Waals surface area contributed by atoms with Crippen LogP contribution in [0.5, 0.6) is 0 Å². The Morgan fingerprint density at radius 2 is 2.21 bits per heavy atom. The first-order valence-electron chi connectivity index (χ1n) is 5.19. The fourth-order valence-corrected chi connectivity index (χ4v) is 1.70. The number of amides is 1. The summed E-state index contributed by atoms with van der Waals surface area (Å²) in [6.45, 7) is 0.830. The van der Waals surface area contributed by atoms with Gasteiger partial charge in [-0.25, -0.2) is 0 Å². The van der Waals surface area contributed by atoms with Gasteiger partial charge >= 0.3 is 0 Å². The largest absolute Gasteiger partial charge is 0.341 e. The fraction of sp³-hybridized carbons (Fsp3) is 0.727. The predicted octanol–water partition coefficient (Wildman–Crippen LogP) is 1.12. The molecule has 0 fully saturated rings. The summed E-state index contributed by atoms with van der Waals surface area (Å²) in [6.07, 6.45) is 7.02. The highest BCUT2D eigenvalue weighted by molar-refractivity contribution is 5.87. The van der Waals surface area contributed by atoms with Crippen molar-refractivity contribution in [3.05, 3.63) is 12.2 Å². The van der Waals surface area contributed by atoms with E-state index in [1.807, 2.05) is 13.1 Å². The van der Waals surface area contributed by atoms with Crippen molar-refractivity contribution in [3.63, 3.8) is 0 Å². The second-order valence-corrected chi connectivity index (χ2v) is 4.17. The molecule has 1 rings (SSSR count). The lowest BCUT2D eigenvalue weighted by atomic mass is 10.1. The molecule has 1 amide bonds. The summed E-state index contributed by atoms with van der Waals surface area (Å²) in [5, 5.41) is 0. The van der Waals surface area contributed by atoms with Gasteiger partial charge in [-0.3, -0.25) is 4.79 Å². The van der Waals surface area contributed by atoms with Crippen LogP contribution in [-0.2, 0) is 4.79 Å². The highest BCUT2D eigenvalue weighted by atomic mass is 16.2. The highest BCUT2D eigenvalue weighted by Crippen LogP contribution is 2.10. The number of nitrogens with zero attached hydrogens (tertiary/aromatic N) is 2. The van der Waals surface area contributed by atoms with Gasteiger partial charge in [0.15, 0.2) is 0 Å². The summed E-state index contributed by atoms with van der Waals surface area (Å²) < 4.78 is 0. The fourth-order valence-electron chi connectivity index (χ4n) is 1.70. The molecule has 0 saturated carbocycles. The quantitative estimate of drug-likeness (QED) is 0.627. The zero-order valence-corrected chi connectivity index (χ0v) is 9.36. The third kappa shape index (κ3) is 3.14. The minimum Gasteiger partial charge on any atom is -0.341 e. The van der Waals surface area contributed by atoms with Crippen molar-refractivity contribution >= 4 is 5.91 Å². The molecule has 14 heavy (non-hydrogen) atoms. The molecule has 0 unspecified atom stereocenters. The standard InChI is InChI=1S/C11H20N2O/c1-12(2)10-7-5-4-6-8-11(14)13(3)9-10/h6,8,10H,4-5,7,9H2,1-3H3/b8-6-/t10-/m0/s1. The molecule has 1 aliphatic rings. The number of carbonyl (C=O) groups is 1. The first-order valence-corrected chi connectivity index (χ1v) is 5.19. The molecule has 0 aromatic heterocycles. The molecule has 1 aliphatic heterocycles. The van der Waals surface area contributed by atoms with Crippen LogP contribution in [0, 0.1) is 0 Å². The lowest BCUT2D eigenvalue weighted by molar-refractivity contribution is -0.125. The Balaban J connectivity index is 2.63. The van der Waals surface area contributed by atoms with Crippen LogP contribution in [0.4, 0.5) is 0 Å². The Morgan fingerprint density at radius 3 is 2.86 bits per heavy atom.